The van der Waals surface area contributed by atoms with E-state index >= 15 is 0 Å². The number of carbonyl (C=O) groups is 3. The van der Waals surface area contributed by atoms with E-state index in [1.54, 1.807) is 31.2 Å². The zero-order valence-electron chi connectivity index (χ0n) is 18.9. The average molecular weight is 437 g/mol. The van der Waals surface area contributed by atoms with Crippen LogP contribution in [0.2, 0.25) is 0 Å². The molecule has 1 aromatic carbocycles. The lowest BCUT2D eigenvalue weighted by Crippen LogP contribution is -2.53. The van der Waals surface area contributed by atoms with Crippen molar-refractivity contribution in [3.05, 3.63) is 29.8 Å². The molecule has 0 spiro atoms. The van der Waals surface area contributed by atoms with Crippen LogP contribution in [0.25, 0.3) is 0 Å². The molecule has 0 saturated carbocycles. The third-order valence-corrected chi connectivity index (χ3v) is 4.97. The number of hydrogen-bond acceptors (Lipinski definition) is 6. The summed E-state index contributed by atoms with van der Waals surface area (Å²) >= 11 is 0. The fraction of sp³-hybridized carbons (Fsp3) is 0.609. The quantitative estimate of drug-likeness (QED) is 0.277. The van der Waals surface area contributed by atoms with Crippen molar-refractivity contribution in [2.45, 2.75) is 65.0 Å². The van der Waals surface area contributed by atoms with E-state index in [-0.39, 0.29) is 30.1 Å². The summed E-state index contributed by atoms with van der Waals surface area (Å²) in [4.78, 5) is 37.7. The van der Waals surface area contributed by atoms with E-state index in [4.69, 9.17) is 9.84 Å². The number of esters is 1. The third-order valence-electron chi connectivity index (χ3n) is 4.97. The molecule has 8 heteroatoms. The number of rotatable bonds is 13. The van der Waals surface area contributed by atoms with Gasteiger partial charge in [-0.1, -0.05) is 32.9 Å². The predicted octanol–water partition coefficient (Wildman–Crippen LogP) is 1.92. The standard InChI is InChI=1S/C23H36N2O6/c1-15(2)13-20(22(29)24-19(23(30)31-4)7-5-6-12-26)25-21(28)16(3)14-17-8-10-18(27)11-9-17/h8-11,15-16,19-20,26-27H,5-7,12-14H2,1-4H3,(H,24,29)(H,25,28)/t16-,19-,20-/m0/s1. The monoisotopic (exact) mass is 436 g/mol. The van der Waals surface area contributed by atoms with E-state index in [1.165, 1.54) is 7.11 Å². The van der Waals surface area contributed by atoms with Crippen molar-refractivity contribution in [2.24, 2.45) is 11.8 Å². The van der Waals surface area contributed by atoms with Crippen LogP contribution in [0.4, 0.5) is 0 Å². The maximum absolute atomic E-state index is 12.9. The molecule has 0 aliphatic rings. The molecule has 0 heterocycles. The Morgan fingerprint density at radius 3 is 2.13 bits per heavy atom. The van der Waals surface area contributed by atoms with Gasteiger partial charge in [0.2, 0.25) is 11.8 Å². The number of phenols is 1. The molecule has 8 nitrogen and oxygen atoms in total. The molecule has 0 aliphatic carbocycles. The summed E-state index contributed by atoms with van der Waals surface area (Å²) in [5, 5.41) is 23.9. The van der Waals surface area contributed by atoms with Crippen LogP contribution in [0.5, 0.6) is 5.75 Å². The minimum absolute atomic E-state index is 0.00674. The van der Waals surface area contributed by atoms with Gasteiger partial charge in [0, 0.05) is 12.5 Å². The molecular formula is C23H36N2O6. The molecule has 0 aromatic heterocycles. The fourth-order valence-corrected chi connectivity index (χ4v) is 3.22. The number of benzene rings is 1. The Labute approximate surface area is 184 Å². The summed E-state index contributed by atoms with van der Waals surface area (Å²) < 4.78 is 4.78. The number of methoxy groups -OCH3 is 1. The van der Waals surface area contributed by atoms with Gasteiger partial charge >= 0.3 is 5.97 Å². The maximum atomic E-state index is 12.9. The average Bonchev–Trinajstić information content (AvgIpc) is 2.73. The normalized spacial score (nSPS) is 13.9. The summed E-state index contributed by atoms with van der Waals surface area (Å²) in [6, 6.07) is 5.04. The molecule has 31 heavy (non-hydrogen) atoms. The number of unbranched alkanes of at least 4 members (excludes halogenated alkanes) is 1. The first-order valence-corrected chi connectivity index (χ1v) is 10.7. The molecule has 0 radical (unpaired) electrons. The second-order valence-electron chi connectivity index (χ2n) is 8.27. The molecule has 0 saturated heterocycles. The topological polar surface area (TPSA) is 125 Å². The molecule has 0 fully saturated rings. The zero-order chi connectivity index (χ0) is 23.4. The highest BCUT2D eigenvalue weighted by Crippen LogP contribution is 2.15. The third kappa shape index (κ3) is 9.83. The van der Waals surface area contributed by atoms with Crippen molar-refractivity contribution in [3.63, 3.8) is 0 Å². The van der Waals surface area contributed by atoms with Gasteiger partial charge in [-0.3, -0.25) is 9.59 Å². The lowest BCUT2D eigenvalue weighted by molar-refractivity contribution is -0.145. The van der Waals surface area contributed by atoms with Crippen molar-refractivity contribution in [3.8, 4) is 5.75 Å². The van der Waals surface area contributed by atoms with Gasteiger partial charge < -0.3 is 25.6 Å². The van der Waals surface area contributed by atoms with Gasteiger partial charge in [-0.05, 0) is 55.7 Å². The minimum atomic E-state index is -0.829. The molecule has 3 atom stereocenters. The van der Waals surface area contributed by atoms with Crippen LogP contribution in [0.15, 0.2) is 24.3 Å². The molecule has 2 amide bonds. The van der Waals surface area contributed by atoms with E-state index in [0.717, 1.165) is 5.56 Å². The van der Waals surface area contributed by atoms with Crippen LogP contribution in [0.1, 0.15) is 52.0 Å². The summed E-state index contributed by atoms with van der Waals surface area (Å²) in [5.74, 6) is -1.32. The number of aliphatic hydroxyl groups excluding tert-OH is 1. The van der Waals surface area contributed by atoms with Crippen molar-refractivity contribution >= 4 is 17.8 Å². The Kier molecular flexibility index (Phi) is 11.6. The first kappa shape index (κ1) is 26.4. The van der Waals surface area contributed by atoms with Crippen LogP contribution < -0.4 is 10.6 Å². The largest absolute Gasteiger partial charge is 0.508 e. The molecule has 1 aromatic rings. The number of phenolic OH excluding ortho intramolecular Hbond substituents is 1. The summed E-state index contributed by atoms with van der Waals surface area (Å²) in [5.41, 5.74) is 0.903. The summed E-state index contributed by atoms with van der Waals surface area (Å²) in [6.07, 6.45) is 2.31. The number of hydrogen-bond donors (Lipinski definition) is 4. The summed E-state index contributed by atoms with van der Waals surface area (Å²) in [6.45, 7) is 5.68. The Morgan fingerprint density at radius 2 is 1.58 bits per heavy atom. The Hall–Kier alpha value is -2.61. The highest BCUT2D eigenvalue weighted by molar-refractivity contribution is 5.91. The number of carbonyl (C=O) groups excluding carboxylic acids is 3. The minimum Gasteiger partial charge on any atom is -0.508 e. The van der Waals surface area contributed by atoms with Crippen molar-refractivity contribution in [1.29, 1.82) is 0 Å². The lowest BCUT2D eigenvalue weighted by Gasteiger charge is -2.24. The molecule has 0 bridgehead atoms. The van der Waals surface area contributed by atoms with E-state index in [0.29, 0.717) is 32.1 Å². The van der Waals surface area contributed by atoms with E-state index < -0.39 is 24.0 Å². The highest BCUT2D eigenvalue weighted by atomic mass is 16.5. The van der Waals surface area contributed by atoms with Crippen LogP contribution in [0.3, 0.4) is 0 Å². The Bertz CT molecular complexity index is 705. The van der Waals surface area contributed by atoms with Crippen LogP contribution in [0, 0.1) is 11.8 Å². The van der Waals surface area contributed by atoms with E-state index in [9.17, 15) is 19.5 Å². The van der Waals surface area contributed by atoms with Gasteiger partial charge in [0.15, 0.2) is 0 Å². The number of ether oxygens (including phenoxy) is 1. The van der Waals surface area contributed by atoms with Crippen molar-refractivity contribution < 1.29 is 29.3 Å². The second kappa shape index (κ2) is 13.6. The highest BCUT2D eigenvalue weighted by Gasteiger charge is 2.28. The number of nitrogens with one attached hydrogen (secondary N) is 2. The molecule has 0 unspecified atom stereocenters. The van der Waals surface area contributed by atoms with Crippen LogP contribution >= 0.6 is 0 Å². The Morgan fingerprint density at radius 1 is 0.968 bits per heavy atom. The van der Waals surface area contributed by atoms with Gasteiger partial charge in [0.05, 0.1) is 7.11 Å². The smallest absolute Gasteiger partial charge is 0.328 e. The first-order chi connectivity index (χ1) is 14.7. The van der Waals surface area contributed by atoms with E-state index in [1.807, 2.05) is 13.8 Å². The van der Waals surface area contributed by atoms with Crippen LogP contribution in [-0.4, -0.2) is 53.8 Å². The second-order valence-corrected chi connectivity index (χ2v) is 8.27. The van der Waals surface area contributed by atoms with Gasteiger partial charge in [0.1, 0.15) is 17.8 Å². The SMILES string of the molecule is COC(=O)[C@H](CCCCO)NC(=O)[C@H](CC(C)C)NC(=O)[C@@H](C)Cc1ccc(O)cc1. The van der Waals surface area contributed by atoms with Gasteiger partial charge in [0.25, 0.3) is 0 Å². The zero-order valence-corrected chi connectivity index (χ0v) is 18.9. The number of amides is 2. The molecule has 4 N–H and O–H groups in total. The van der Waals surface area contributed by atoms with Gasteiger partial charge in [-0.25, -0.2) is 4.79 Å². The van der Waals surface area contributed by atoms with Crippen molar-refractivity contribution in [2.75, 3.05) is 13.7 Å². The molecule has 0 aliphatic heterocycles. The molecule has 1 rings (SSSR count). The first-order valence-electron chi connectivity index (χ1n) is 10.7. The molecular weight excluding hydrogens is 400 g/mol. The number of aromatic hydroxyl groups is 1. The van der Waals surface area contributed by atoms with Gasteiger partial charge in [-0.15, -0.1) is 0 Å². The Balaban J connectivity index is 2.79. The number of aliphatic hydroxyl groups is 1. The lowest BCUT2D eigenvalue weighted by atomic mass is 9.98. The molecule has 174 valence electrons. The maximum Gasteiger partial charge on any atom is 0.328 e. The van der Waals surface area contributed by atoms with Crippen LogP contribution in [-0.2, 0) is 25.5 Å². The predicted molar refractivity (Wildman–Crippen MR) is 117 cm³/mol. The van der Waals surface area contributed by atoms with Crippen molar-refractivity contribution in [1.82, 2.24) is 10.6 Å². The van der Waals surface area contributed by atoms with E-state index in [2.05, 4.69) is 10.6 Å². The van der Waals surface area contributed by atoms with Gasteiger partial charge in [-0.2, -0.15) is 0 Å². The summed E-state index contributed by atoms with van der Waals surface area (Å²) in [7, 11) is 1.26. The fourth-order valence-electron chi connectivity index (χ4n) is 3.22.